The smallest absolute Gasteiger partial charge is 0.324 e. The van der Waals surface area contributed by atoms with Crippen LogP contribution in [0.3, 0.4) is 0 Å². The van der Waals surface area contributed by atoms with Gasteiger partial charge in [0.1, 0.15) is 6.04 Å². The fourth-order valence-electron chi connectivity index (χ4n) is 3.02. The third kappa shape index (κ3) is 5.87. The van der Waals surface area contributed by atoms with E-state index in [9.17, 15) is 23.3 Å². The van der Waals surface area contributed by atoms with E-state index in [1.54, 1.807) is 31.2 Å². The molecule has 0 amide bonds. The number of rotatable bonds is 10. The van der Waals surface area contributed by atoms with Crippen LogP contribution in [0.2, 0.25) is 0 Å². The topological polar surface area (TPSA) is 107 Å². The Balaban J connectivity index is 2.54. The standard InChI is InChI=1S/C21H26N2O6S/c1-4-29-21(24)20(14-16(2)3)22(15-17-8-6-5-7-9-17)30(27,28)19-12-10-18(11-13-19)23(25)26/h5-13,16,20H,4,14-15H2,1-3H3. The maximum atomic E-state index is 13.5. The second-order valence-electron chi connectivity index (χ2n) is 7.18. The van der Waals surface area contributed by atoms with E-state index in [0.717, 1.165) is 16.4 Å². The molecule has 0 bridgehead atoms. The van der Waals surface area contributed by atoms with E-state index in [1.165, 1.54) is 12.1 Å². The zero-order valence-corrected chi connectivity index (χ0v) is 18.0. The van der Waals surface area contributed by atoms with E-state index in [2.05, 4.69) is 0 Å². The van der Waals surface area contributed by atoms with Crippen LogP contribution in [-0.4, -0.2) is 36.3 Å². The Kier molecular flexibility index (Phi) is 8.08. The number of carbonyl (C=O) groups excluding carboxylic acids is 1. The molecule has 0 fully saturated rings. The maximum absolute atomic E-state index is 13.5. The van der Waals surface area contributed by atoms with Crippen LogP contribution in [0, 0.1) is 16.0 Å². The zero-order valence-electron chi connectivity index (χ0n) is 17.2. The van der Waals surface area contributed by atoms with E-state index in [0.29, 0.717) is 5.56 Å². The molecule has 0 radical (unpaired) electrons. The summed E-state index contributed by atoms with van der Waals surface area (Å²) in [6.45, 7) is 5.55. The lowest BCUT2D eigenvalue weighted by molar-refractivity contribution is -0.384. The fraction of sp³-hybridized carbons (Fsp3) is 0.381. The van der Waals surface area contributed by atoms with Crippen LogP contribution >= 0.6 is 0 Å². The first-order valence-corrected chi connectivity index (χ1v) is 11.1. The lowest BCUT2D eigenvalue weighted by Gasteiger charge is -2.30. The van der Waals surface area contributed by atoms with E-state index < -0.39 is 27.0 Å². The highest BCUT2D eigenvalue weighted by molar-refractivity contribution is 7.89. The molecule has 2 aromatic rings. The van der Waals surface area contributed by atoms with Crippen molar-refractivity contribution in [2.45, 2.75) is 44.7 Å². The van der Waals surface area contributed by atoms with Crippen LogP contribution in [0.1, 0.15) is 32.8 Å². The Morgan fingerprint density at radius 1 is 1.10 bits per heavy atom. The Morgan fingerprint density at radius 2 is 1.70 bits per heavy atom. The van der Waals surface area contributed by atoms with Crippen molar-refractivity contribution >= 4 is 21.7 Å². The molecule has 0 aliphatic carbocycles. The first kappa shape index (κ1) is 23.5. The minimum atomic E-state index is -4.14. The van der Waals surface area contributed by atoms with Gasteiger partial charge in [0, 0.05) is 18.7 Å². The molecule has 0 spiro atoms. The number of hydrogen-bond donors (Lipinski definition) is 0. The van der Waals surface area contributed by atoms with E-state index in [4.69, 9.17) is 4.74 Å². The second kappa shape index (κ2) is 10.3. The Hall–Kier alpha value is -2.78. The fourth-order valence-corrected chi connectivity index (χ4v) is 4.59. The minimum absolute atomic E-state index is 0.0314. The number of nitro benzene ring substituents is 1. The van der Waals surface area contributed by atoms with E-state index >= 15 is 0 Å². The van der Waals surface area contributed by atoms with Crippen molar-refractivity contribution in [3.05, 3.63) is 70.3 Å². The van der Waals surface area contributed by atoms with Gasteiger partial charge in [-0.15, -0.1) is 0 Å². The molecule has 2 aromatic carbocycles. The van der Waals surface area contributed by atoms with Gasteiger partial charge in [0.05, 0.1) is 16.4 Å². The number of nitro groups is 1. The highest BCUT2D eigenvalue weighted by Gasteiger charge is 2.37. The van der Waals surface area contributed by atoms with Gasteiger partial charge in [-0.05, 0) is 37.0 Å². The van der Waals surface area contributed by atoms with Crippen molar-refractivity contribution in [1.82, 2.24) is 4.31 Å². The van der Waals surface area contributed by atoms with Crippen LogP contribution < -0.4 is 0 Å². The number of hydrogen-bond acceptors (Lipinski definition) is 6. The second-order valence-corrected chi connectivity index (χ2v) is 9.07. The average molecular weight is 435 g/mol. The summed E-state index contributed by atoms with van der Waals surface area (Å²) in [5, 5.41) is 10.9. The number of non-ortho nitro benzene ring substituents is 1. The number of nitrogens with zero attached hydrogens (tertiary/aromatic N) is 2. The predicted molar refractivity (Wildman–Crippen MR) is 112 cm³/mol. The molecule has 9 heteroatoms. The summed E-state index contributed by atoms with van der Waals surface area (Å²) < 4.78 is 33.3. The number of benzene rings is 2. The van der Waals surface area contributed by atoms with Crippen LogP contribution in [0.4, 0.5) is 5.69 Å². The SMILES string of the molecule is CCOC(=O)C(CC(C)C)N(Cc1ccccc1)S(=O)(=O)c1ccc([N+](=O)[O-])cc1. The zero-order chi connectivity index (χ0) is 22.3. The van der Waals surface area contributed by atoms with Gasteiger partial charge in [-0.25, -0.2) is 8.42 Å². The Labute approximate surface area is 176 Å². The third-order valence-corrected chi connectivity index (χ3v) is 6.31. The summed E-state index contributed by atoms with van der Waals surface area (Å²) >= 11 is 0. The molecule has 0 saturated heterocycles. The Bertz CT molecular complexity index is 959. The molecule has 1 unspecified atom stereocenters. The van der Waals surface area contributed by atoms with Gasteiger partial charge >= 0.3 is 5.97 Å². The monoisotopic (exact) mass is 434 g/mol. The molecule has 0 aliphatic rings. The summed E-state index contributed by atoms with van der Waals surface area (Å²) in [6.07, 6.45) is 0.276. The molecule has 2 rings (SSSR count). The summed E-state index contributed by atoms with van der Waals surface area (Å²) in [7, 11) is -4.14. The third-order valence-electron chi connectivity index (χ3n) is 4.44. The molecule has 8 nitrogen and oxygen atoms in total. The molecule has 0 saturated carbocycles. The van der Waals surface area contributed by atoms with Gasteiger partial charge in [-0.1, -0.05) is 44.2 Å². The summed E-state index contributed by atoms with van der Waals surface area (Å²) in [5.74, 6) is -0.586. The molecular formula is C21H26N2O6S. The molecule has 0 aliphatic heterocycles. The highest BCUT2D eigenvalue weighted by atomic mass is 32.2. The average Bonchev–Trinajstić information content (AvgIpc) is 2.71. The van der Waals surface area contributed by atoms with Crippen LogP contribution in [-0.2, 0) is 26.1 Å². The number of esters is 1. The van der Waals surface area contributed by atoms with Gasteiger partial charge < -0.3 is 4.74 Å². The summed E-state index contributed by atoms with van der Waals surface area (Å²) in [5.41, 5.74) is 0.494. The van der Waals surface area contributed by atoms with Gasteiger partial charge in [0.15, 0.2) is 0 Å². The lowest BCUT2D eigenvalue weighted by Crippen LogP contribution is -2.46. The maximum Gasteiger partial charge on any atom is 0.324 e. The molecule has 30 heavy (non-hydrogen) atoms. The van der Waals surface area contributed by atoms with Gasteiger partial charge in [0.25, 0.3) is 5.69 Å². The molecule has 0 heterocycles. The quantitative estimate of drug-likeness (QED) is 0.320. The van der Waals surface area contributed by atoms with Crippen molar-refractivity contribution in [3.8, 4) is 0 Å². The highest BCUT2D eigenvalue weighted by Crippen LogP contribution is 2.26. The van der Waals surface area contributed by atoms with Gasteiger partial charge in [-0.3, -0.25) is 14.9 Å². The lowest BCUT2D eigenvalue weighted by atomic mass is 10.0. The minimum Gasteiger partial charge on any atom is -0.465 e. The van der Waals surface area contributed by atoms with Crippen LogP contribution in [0.5, 0.6) is 0 Å². The van der Waals surface area contributed by atoms with Crippen molar-refractivity contribution in [2.75, 3.05) is 6.61 Å². The van der Waals surface area contributed by atoms with Crippen molar-refractivity contribution in [3.63, 3.8) is 0 Å². The largest absolute Gasteiger partial charge is 0.465 e. The summed E-state index contributed by atoms with van der Waals surface area (Å²) in [4.78, 5) is 22.9. The molecule has 0 aromatic heterocycles. The van der Waals surface area contributed by atoms with Crippen LogP contribution in [0.25, 0.3) is 0 Å². The van der Waals surface area contributed by atoms with Gasteiger partial charge in [0.2, 0.25) is 10.0 Å². The Morgan fingerprint density at radius 3 is 2.20 bits per heavy atom. The van der Waals surface area contributed by atoms with Crippen molar-refractivity contribution in [2.24, 2.45) is 5.92 Å². The predicted octanol–water partition coefficient (Wildman–Crippen LogP) is 3.76. The normalized spacial score (nSPS) is 12.7. The van der Waals surface area contributed by atoms with E-state index in [-0.39, 0.29) is 36.1 Å². The number of sulfonamides is 1. The first-order valence-electron chi connectivity index (χ1n) is 9.63. The number of carbonyl (C=O) groups is 1. The van der Waals surface area contributed by atoms with E-state index in [1.807, 2.05) is 19.9 Å². The summed E-state index contributed by atoms with van der Waals surface area (Å²) in [6, 6.07) is 12.5. The molecule has 0 N–H and O–H groups in total. The first-order chi connectivity index (χ1) is 14.2. The van der Waals surface area contributed by atoms with Gasteiger partial charge in [-0.2, -0.15) is 4.31 Å². The van der Waals surface area contributed by atoms with Crippen LogP contribution in [0.15, 0.2) is 59.5 Å². The van der Waals surface area contributed by atoms with Crippen molar-refractivity contribution in [1.29, 1.82) is 0 Å². The molecule has 1 atom stereocenters. The van der Waals surface area contributed by atoms with Crippen molar-refractivity contribution < 1.29 is 22.9 Å². The molecule has 162 valence electrons. The number of ether oxygens (including phenoxy) is 1. The molecular weight excluding hydrogens is 408 g/mol.